The predicted molar refractivity (Wildman–Crippen MR) is 78.8 cm³/mol. The van der Waals surface area contributed by atoms with Crippen molar-refractivity contribution in [2.45, 2.75) is 18.9 Å². The molecule has 1 aromatic carbocycles. The van der Waals surface area contributed by atoms with Crippen LogP contribution in [-0.2, 0) is 4.79 Å². The van der Waals surface area contributed by atoms with Crippen LogP contribution in [0, 0.1) is 5.92 Å². The first-order valence-corrected chi connectivity index (χ1v) is 7.14. The van der Waals surface area contributed by atoms with E-state index in [0.717, 1.165) is 42.9 Å². The highest BCUT2D eigenvalue weighted by atomic mass is 16.3. The third-order valence-electron chi connectivity index (χ3n) is 4.45. The summed E-state index contributed by atoms with van der Waals surface area (Å²) in [7, 11) is 1.77. The fourth-order valence-electron chi connectivity index (χ4n) is 3.19. The second-order valence-corrected chi connectivity index (χ2v) is 5.75. The van der Waals surface area contributed by atoms with Crippen LogP contribution in [0.5, 0.6) is 0 Å². The highest BCUT2D eigenvalue weighted by Gasteiger charge is 2.33. The molecule has 0 bridgehead atoms. The Morgan fingerprint density at radius 1 is 1.45 bits per heavy atom. The van der Waals surface area contributed by atoms with Gasteiger partial charge in [-0.2, -0.15) is 0 Å². The molecule has 1 aromatic rings. The molecular weight excluding hydrogens is 254 g/mol. The number of rotatable bonds is 2. The second kappa shape index (κ2) is 5.07. The number of nitrogens with two attached hydrogens (primary N) is 1. The van der Waals surface area contributed by atoms with E-state index in [1.54, 1.807) is 11.9 Å². The monoisotopic (exact) mass is 275 g/mol. The minimum atomic E-state index is -0.532. The third-order valence-corrected chi connectivity index (χ3v) is 4.45. The molecule has 0 radical (unpaired) electrons. The molecule has 0 spiro atoms. The van der Waals surface area contributed by atoms with E-state index in [1.807, 2.05) is 18.2 Å². The van der Waals surface area contributed by atoms with Gasteiger partial charge in [-0.3, -0.25) is 4.79 Å². The van der Waals surface area contributed by atoms with E-state index < -0.39 is 6.04 Å². The number of anilines is 2. The number of hydrogen-bond donors (Lipinski definition) is 2. The molecule has 2 unspecified atom stereocenters. The van der Waals surface area contributed by atoms with Gasteiger partial charge < -0.3 is 20.6 Å². The fourth-order valence-corrected chi connectivity index (χ4v) is 3.19. The molecule has 5 heteroatoms. The minimum Gasteiger partial charge on any atom is -0.396 e. The van der Waals surface area contributed by atoms with Crippen molar-refractivity contribution in [3.8, 4) is 0 Å². The van der Waals surface area contributed by atoms with Crippen LogP contribution >= 0.6 is 0 Å². The Balaban J connectivity index is 1.88. The maximum Gasteiger partial charge on any atom is 0.248 e. The zero-order valence-electron chi connectivity index (χ0n) is 11.7. The molecule has 108 valence electrons. The van der Waals surface area contributed by atoms with Gasteiger partial charge in [0.15, 0.2) is 0 Å². The molecule has 0 aromatic heterocycles. The summed E-state index contributed by atoms with van der Waals surface area (Å²) in [6.07, 6.45) is 2.18. The maximum absolute atomic E-state index is 11.9. The van der Waals surface area contributed by atoms with Gasteiger partial charge in [0.2, 0.25) is 5.91 Å². The Morgan fingerprint density at radius 2 is 2.25 bits per heavy atom. The van der Waals surface area contributed by atoms with Crippen LogP contribution in [0.2, 0.25) is 0 Å². The number of fused-ring (bicyclic) bond motifs is 1. The topological polar surface area (TPSA) is 69.8 Å². The first kappa shape index (κ1) is 13.4. The lowest BCUT2D eigenvalue weighted by atomic mass is 9.98. The Labute approximate surface area is 119 Å². The molecule has 5 nitrogen and oxygen atoms in total. The molecule has 2 atom stereocenters. The van der Waals surface area contributed by atoms with Gasteiger partial charge in [0.1, 0.15) is 6.04 Å². The summed E-state index contributed by atoms with van der Waals surface area (Å²) < 4.78 is 0. The van der Waals surface area contributed by atoms with Crippen LogP contribution in [0.1, 0.15) is 24.4 Å². The molecule has 2 aliphatic rings. The summed E-state index contributed by atoms with van der Waals surface area (Å²) in [6.45, 7) is 2.11. The van der Waals surface area contributed by atoms with Gasteiger partial charge in [-0.05, 0) is 30.9 Å². The molecule has 0 aliphatic carbocycles. The van der Waals surface area contributed by atoms with E-state index in [0.29, 0.717) is 5.92 Å². The van der Waals surface area contributed by atoms with Gasteiger partial charge in [0.25, 0.3) is 0 Å². The largest absolute Gasteiger partial charge is 0.396 e. The average Bonchev–Trinajstić information content (AvgIpc) is 2.72. The van der Waals surface area contributed by atoms with E-state index in [1.165, 1.54) is 0 Å². The summed E-state index contributed by atoms with van der Waals surface area (Å²) in [6, 6.07) is 5.50. The zero-order chi connectivity index (χ0) is 14.3. The molecule has 3 rings (SSSR count). The number of carbonyl (C=O) groups excluding carboxylic acids is 1. The summed E-state index contributed by atoms with van der Waals surface area (Å²) in [5, 5.41) is 9.33. The van der Waals surface area contributed by atoms with Gasteiger partial charge in [0.05, 0.1) is 5.69 Å². The number of piperidine rings is 1. The van der Waals surface area contributed by atoms with Gasteiger partial charge in [0, 0.05) is 38.0 Å². The average molecular weight is 275 g/mol. The number of nitrogens with zero attached hydrogens (tertiary/aromatic N) is 2. The lowest BCUT2D eigenvalue weighted by Crippen LogP contribution is -2.36. The first-order valence-electron chi connectivity index (χ1n) is 7.14. The predicted octanol–water partition coefficient (Wildman–Crippen LogP) is 0.871. The highest BCUT2D eigenvalue weighted by molar-refractivity contribution is 6.04. The SMILES string of the molecule is CN1C(=O)C(N)c2ccc(N3CCCC(CO)C3)cc21. The molecule has 3 N–H and O–H groups in total. The van der Waals surface area contributed by atoms with E-state index in [2.05, 4.69) is 4.90 Å². The van der Waals surface area contributed by atoms with Crippen molar-refractivity contribution in [1.82, 2.24) is 0 Å². The number of amides is 1. The molecule has 1 saturated heterocycles. The van der Waals surface area contributed by atoms with E-state index in [-0.39, 0.29) is 12.5 Å². The third kappa shape index (κ3) is 2.07. The van der Waals surface area contributed by atoms with Gasteiger partial charge in [-0.25, -0.2) is 0 Å². The van der Waals surface area contributed by atoms with Gasteiger partial charge in [-0.1, -0.05) is 6.07 Å². The first-order chi connectivity index (χ1) is 9.61. The highest BCUT2D eigenvalue weighted by Crippen LogP contribution is 2.37. The zero-order valence-corrected chi connectivity index (χ0v) is 11.7. The van der Waals surface area contributed by atoms with Crippen molar-refractivity contribution in [3.05, 3.63) is 23.8 Å². The van der Waals surface area contributed by atoms with E-state index in [4.69, 9.17) is 5.73 Å². The van der Waals surface area contributed by atoms with Gasteiger partial charge >= 0.3 is 0 Å². The number of aliphatic hydroxyl groups is 1. The molecule has 2 aliphatic heterocycles. The smallest absolute Gasteiger partial charge is 0.248 e. The second-order valence-electron chi connectivity index (χ2n) is 5.75. The summed E-state index contributed by atoms with van der Waals surface area (Å²) in [4.78, 5) is 15.8. The Hall–Kier alpha value is -1.59. The quantitative estimate of drug-likeness (QED) is 0.840. The number of aliphatic hydroxyl groups excluding tert-OH is 1. The van der Waals surface area contributed by atoms with Crippen molar-refractivity contribution in [2.24, 2.45) is 11.7 Å². The van der Waals surface area contributed by atoms with Crippen molar-refractivity contribution in [3.63, 3.8) is 0 Å². The Bertz CT molecular complexity index is 532. The number of carbonyl (C=O) groups is 1. The van der Waals surface area contributed by atoms with Crippen LogP contribution in [0.15, 0.2) is 18.2 Å². The fraction of sp³-hybridized carbons (Fsp3) is 0.533. The molecule has 1 amide bonds. The van der Waals surface area contributed by atoms with Gasteiger partial charge in [-0.15, -0.1) is 0 Å². The molecule has 2 heterocycles. The molecular formula is C15H21N3O2. The lowest BCUT2D eigenvalue weighted by Gasteiger charge is -2.34. The van der Waals surface area contributed by atoms with Crippen LogP contribution in [0.4, 0.5) is 11.4 Å². The van der Waals surface area contributed by atoms with Crippen LogP contribution in [0.25, 0.3) is 0 Å². The van der Waals surface area contributed by atoms with Crippen molar-refractivity contribution in [2.75, 3.05) is 36.5 Å². The standard InChI is InChI=1S/C15H21N3O2/c1-17-13-7-11(4-5-12(13)14(16)15(17)20)18-6-2-3-10(8-18)9-19/h4-5,7,10,14,19H,2-3,6,8-9,16H2,1H3. The lowest BCUT2D eigenvalue weighted by molar-refractivity contribution is -0.118. The Morgan fingerprint density at radius 3 is 3.00 bits per heavy atom. The molecule has 0 saturated carbocycles. The number of benzene rings is 1. The van der Waals surface area contributed by atoms with Crippen molar-refractivity contribution < 1.29 is 9.90 Å². The van der Waals surface area contributed by atoms with Crippen LogP contribution < -0.4 is 15.5 Å². The Kier molecular flexibility index (Phi) is 3.40. The molecule has 1 fully saturated rings. The minimum absolute atomic E-state index is 0.0518. The van der Waals surface area contributed by atoms with E-state index >= 15 is 0 Å². The van der Waals surface area contributed by atoms with Crippen LogP contribution in [0.3, 0.4) is 0 Å². The van der Waals surface area contributed by atoms with Crippen molar-refractivity contribution >= 4 is 17.3 Å². The molecule has 20 heavy (non-hydrogen) atoms. The van der Waals surface area contributed by atoms with E-state index in [9.17, 15) is 9.90 Å². The van der Waals surface area contributed by atoms with Crippen LogP contribution in [-0.4, -0.2) is 37.8 Å². The van der Waals surface area contributed by atoms with Crippen molar-refractivity contribution in [1.29, 1.82) is 0 Å². The number of hydrogen-bond acceptors (Lipinski definition) is 4. The number of likely N-dealkylation sites (N-methyl/N-ethyl adjacent to an activating group) is 1. The summed E-state index contributed by atoms with van der Waals surface area (Å²) in [5.41, 5.74) is 8.83. The summed E-state index contributed by atoms with van der Waals surface area (Å²) >= 11 is 0. The summed E-state index contributed by atoms with van der Waals surface area (Å²) in [5.74, 6) is 0.294. The maximum atomic E-state index is 11.9. The normalized spacial score (nSPS) is 26.1.